The lowest BCUT2D eigenvalue weighted by Crippen LogP contribution is -2.49. The number of halogens is 1. The Labute approximate surface area is 138 Å². The predicted octanol–water partition coefficient (Wildman–Crippen LogP) is 1.88. The Hall–Kier alpha value is -2.96. The fraction of sp³-hybridized carbons (Fsp3) is 0.235. The molecule has 0 aliphatic carbocycles. The third-order valence-electron chi connectivity index (χ3n) is 4.04. The van der Waals surface area contributed by atoms with Gasteiger partial charge in [0.05, 0.1) is 11.1 Å². The molecule has 24 heavy (non-hydrogen) atoms. The Morgan fingerprint density at radius 3 is 2.29 bits per heavy atom. The first-order chi connectivity index (χ1) is 11.6. The van der Waals surface area contributed by atoms with Gasteiger partial charge in [-0.25, -0.2) is 9.18 Å². The molecular weight excluding hydrogens is 313 g/mol. The lowest BCUT2D eigenvalue weighted by atomic mass is 10.1. The number of amides is 1. The Morgan fingerprint density at radius 2 is 1.67 bits per heavy atom. The zero-order valence-electron chi connectivity index (χ0n) is 12.9. The maximum Gasteiger partial charge on any atom is 0.338 e. The summed E-state index contributed by atoms with van der Waals surface area (Å²) in [4.78, 5) is 31.3. The van der Waals surface area contributed by atoms with Gasteiger partial charge in [-0.2, -0.15) is 0 Å². The Balaban J connectivity index is 1.69. The summed E-state index contributed by atoms with van der Waals surface area (Å²) < 4.78 is 13.0. The zero-order chi connectivity index (χ0) is 17.1. The van der Waals surface area contributed by atoms with Gasteiger partial charge in [-0.15, -0.1) is 0 Å². The third-order valence-corrected chi connectivity index (χ3v) is 4.04. The van der Waals surface area contributed by atoms with Gasteiger partial charge in [0, 0.05) is 44.3 Å². The van der Waals surface area contributed by atoms with E-state index in [0.29, 0.717) is 26.2 Å². The Morgan fingerprint density at radius 1 is 1.00 bits per heavy atom. The highest BCUT2D eigenvalue weighted by Crippen LogP contribution is 2.18. The largest absolute Gasteiger partial charge is 0.478 e. The van der Waals surface area contributed by atoms with Crippen molar-refractivity contribution in [2.24, 2.45) is 0 Å². The van der Waals surface area contributed by atoms with Crippen LogP contribution < -0.4 is 4.90 Å². The number of hydrogen-bond donors (Lipinski definition) is 1. The van der Waals surface area contributed by atoms with Crippen LogP contribution in [0.3, 0.4) is 0 Å². The highest BCUT2D eigenvalue weighted by molar-refractivity contribution is 6.04. The summed E-state index contributed by atoms with van der Waals surface area (Å²) in [5.41, 5.74) is 0.954. The number of rotatable bonds is 3. The van der Waals surface area contributed by atoms with Crippen LogP contribution in [0.1, 0.15) is 20.7 Å². The standard InChI is InChI=1S/C17H16FN3O3/c18-12-1-3-13(4-2-12)20-7-9-21(10-8-20)16(22)14-5-6-19-11-15(14)17(23)24/h1-6,11H,7-10H2,(H,23,24). The zero-order valence-corrected chi connectivity index (χ0v) is 12.9. The summed E-state index contributed by atoms with van der Waals surface area (Å²) in [6, 6.07) is 7.65. The van der Waals surface area contributed by atoms with E-state index in [2.05, 4.69) is 9.88 Å². The molecule has 0 unspecified atom stereocenters. The maximum atomic E-state index is 13.0. The Bertz CT molecular complexity index is 756. The van der Waals surface area contributed by atoms with Crippen molar-refractivity contribution < 1.29 is 19.1 Å². The summed E-state index contributed by atoms with van der Waals surface area (Å²) in [6.45, 7) is 2.14. The van der Waals surface area contributed by atoms with E-state index in [0.717, 1.165) is 5.69 Å². The number of nitrogens with zero attached hydrogens (tertiary/aromatic N) is 3. The van der Waals surface area contributed by atoms with Crippen LogP contribution in [-0.4, -0.2) is 53.0 Å². The summed E-state index contributed by atoms with van der Waals surface area (Å²) in [6.07, 6.45) is 2.60. The van der Waals surface area contributed by atoms with Gasteiger partial charge in [0.2, 0.25) is 0 Å². The highest BCUT2D eigenvalue weighted by Gasteiger charge is 2.25. The molecule has 0 saturated carbocycles. The second-order valence-electron chi connectivity index (χ2n) is 5.48. The van der Waals surface area contributed by atoms with Gasteiger partial charge in [-0.1, -0.05) is 0 Å². The molecule has 0 bridgehead atoms. The van der Waals surface area contributed by atoms with Crippen molar-refractivity contribution in [3.63, 3.8) is 0 Å². The molecule has 124 valence electrons. The normalized spacial score (nSPS) is 14.5. The number of carbonyl (C=O) groups excluding carboxylic acids is 1. The minimum atomic E-state index is -1.17. The van der Waals surface area contributed by atoms with Gasteiger partial charge in [0.15, 0.2) is 0 Å². The van der Waals surface area contributed by atoms with E-state index in [1.165, 1.54) is 30.6 Å². The van der Waals surface area contributed by atoms with Gasteiger partial charge >= 0.3 is 5.97 Å². The molecule has 2 aromatic rings. The van der Waals surface area contributed by atoms with Crippen LogP contribution in [0.4, 0.5) is 10.1 Å². The van der Waals surface area contributed by atoms with Gasteiger partial charge in [-0.3, -0.25) is 9.78 Å². The molecule has 1 amide bonds. The van der Waals surface area contributed by atoms with Crippen molar-refractivity contribution in [3.8, 4) is 0 Å². The number of anilines is 1. The van der Waals surface area contributed by atoms with Crippen LogP contribution in [0.25, 0.3) is 0 Å². The minimum absolute atomic E-state index is 0.0940. The molecule has 6 nitrogen and oxygen atoms in total. The number of hydrogen-bond acceptors (Lipinski definition) is 4. The molecule has 0 atom stereocenters. The van der Waals surface area contributed by atoms with Crippen molar-refractivity contribution in [1.29, 1.82) is 0 Å². The van der Waals surface area contributed by atoms with Crippen LogP contribution in [-0.2, 0) is 0 Å². The smallest absolute Gasteiger partial charge is 0.338 e. The first kappa shape index (κ1) is 15.9. The molecule has 1 N–H and O–H groups in total. The van der Waals surface area contributed by atoms with Crippen molar-refractivity contribution in [2.45, 2.75) is 0 Å². The number of carbonyl (C=O) groups is 2. The second-order valence-corrected chi connectivity index (χ2v) is 5.48. The number of carboxylic acids is 1. The molecule has 3 rings (SSSR count). The van der Waals surface area contributed by atoms with E-state index < -0.39 is 5.97 Å². The van der Waals surface area contributed by atoms with E-state index in [9.17, 15) is 19.1 Å². The van der Waals surface area contributed by atoms with Gasteiger partial charge in [-0.05, 0) is 30.3 Å². The van der Waals surface area contributed by atoms with Crippen LogP contribution in [0.15, 0.2) is 42.7 Å². The summed E-state index contributed by atoms with van der Waals surface area (Å²) in [7, 11) is 0. The Kier molecular flexibility index (Phi) is 4.41. The molecule has 1 aliphatic heterocycles. The van der Waals surface area contributed by atoms with E-state index in [1.54, 1.807) is 17.0 Å². The lowest BCUT2D eigenvalue weighted by molar-refractivity contribution is 0.0672. The van der Waals surface area contributed by atoms with E-state index in [4.69, 9.17) is 0 Å². The molecule has 1 aromatic heterocycles. The first-order valence-corrected chi connectivity index (χ1v) is 7.53. The van der Waals surface area contributed by atoms with Gasteiger partial charge < -0.3 is 14.9 Å². The molecule has 1 aliphatic rings. The number of pyridine rings is 1. The topological polar surface area (TPSA) is 73.7 Å². The fourth-order valence-electron chi connectivity index (χ4n) is 2.74. The van der Waals surface area contributed by atoms with E-state index in [1.807, 2.05) is 0 Å². The fourth-order valence-corrected chi connectivity index (χ4v) is 2.74. The summed E-state index contributed by atoms with van der Waals surface area (Å²) >= 11 is 0. The molecular formula is C17H16FN3O3. The molecule has 1 aromatic carbocycles. The summed E-state index contributed by atoms with van der Waals surface area (Å²) in [5, 5.41) is 9.18. The quantitative estimate of drug-likeness (QED) is 0.931. The van der Waals surface area contributed by atoms with Crippen LogP contribution in [0.5, 0.6) is 0 Å². The first-order valence-electron chi connectivity index (χ1n) is 7.53. The number of piperazine rings is 1. The molecule has 2 heterocycles. The number of carboxylic acid groups (broad SMARTS) is 1. The van der Waals surface area contributed by atoms with Crippen molar-refractivity contribution in [1.82, 2.24) is 9.88 Å². The number of aromatic carboxylic acids is 1. The average Bonchev–Trinajstić information content (AvgIpc) is 2.62. The SMILES string of the molecule is O=C(O)c1cnccc1C(=O)N1CCN(c2ccc(F)cc2)CC1. The number of benzene rings is 1. The van der Waals surface area contributed by atoms with Gasteiger partial charge in [0.1, 0.15) is 5.82 Å². The molecule has 7 heteroatoms. The third kappa shape index (κ3) is 3.19. The average molecular weight is 329 g/mol. The van der Waals surface area contributed by atoms with E-state index >= 15 is 0 Å². The number of aromatic nitrogens is 1. The lowest BCUT2D eigenvalue weighted by Gasteiger charge is -2.36. The van der Waals surface area contributed by atoms with Crippen molar-refractivity contribution in [3.05, 3.63) is 59.7 Å². The summed E-state index contributed by atoms with van der Waals surface area (Å²) in [5.74, 6) is -1.77. The second kappa shape index (κ2) is 6.66. The van der Waals surface area contributed by atoms with Gasteiger partial charge in [0.25, 0.3) is 5.91 Å². The molecule has 1 saturated heterocycles. The molecule has 0 spiro atoms. The minimum Gasteiger partial charge on any atom is -0.478 e. The van der Waals surface area contributed by atoms with E-state index in [-0.39, 0.29) is 22.9 Å². The monoisotopic (exact) mass is 329 g/mol. The predicted molar refractivity (Wildman–Crippen MR) is 85.7 cm³/mol. The molecule has 0 radical (unpaired) electrons. The van der Waals surface area contributed by atoms with Crippen molar-refractivity contribution in [2.75, 3.05) is 31.1 Å². The van der Waals surface area contributed by atoms with Crippen LogP contribution in [0, 0.1) is 5.82 Å². The van der Waals surface area contributed by atoms with Crippen LogP contribution >= 0.6 is 0 Å². The highest BCUT2D eigenvalue weighted by atomic mass is 19.1. The van der Waals surface area contributed by atoms with Crippen LogP contribution in [0.2, 0.25) is 0 Å². The maximum absolute atomic E-state index is 13.0. The van der Waals surface area contributed by atoms with Crippen molar-refractivity contribution >= 4 is 17.6 Å². The molecule has 1 fully saturated rings.